The Morgan fingerprint density at radius 3 is 2.67 bits per heavy atom. The van der Waals surface area contributed by atoms with Crippen LogP contribution in [0.15, 0.2) is 54.2 Å². The zero-order valence-electron chi connectivity index (χ0n) is 12.6. The van der Waals surface area contributed by atoms with Crippen molar-refractivity contribution in [3.63, 3.8) is 0 Å². The van der Waals surface area contributed by atoms with E-state index in [-0.39, 0.29) is 18.1 Å². The molecule has 7 nitrogen and oxygen atoms in total. The molecule has 122 valence electrons. The fourth-order valence-corrected chi connectivity index (χ4v) is 2.56. The van der Waals surface area contributed by atoms with Crippen molar-refractivity contribution in [2.24, 2.45) is 0 Å². The van der Waals surface area contributed by atoms with Crippen molar-refractivity contribution in [1.82, 2.24) is 15.2 Å². The molecule has 0 fully saturated rings. The van der Waals surface area contributed by atoms with Gasteiger partial charge >= 0.3 is 0 Å². The molecular weight excluding hydrogens is 326 g/mol. The number of para-hydroxylation sites is 1. The number of anilines is 2. The summed E-state index contributed by atoms with van der Waals surface area (Å²) in [6.07, 6.45) is 0.958. The van der Waals surface area contributed by atoms with Gasteiger partial charge in [0.05, 0.1) is 10.4 Å². The number of thiazole rings is 1. The van der Waals surface area contributed by atoms with Crippen LogP contribution in [0.3, 0.4) is 0 Å². The Morgan fingerprint density at radius 2 is 2.00 bits per heavy atom. The highest BCUT2D eigenvalue weighted by Gasteiger charge is 2.11. The molecule has 3 aromatic rings. The summed E-state index contributed by atoms with van der Waals surface area (Å²) in [7, 11) is 0. The summed E-state index contributed by atoms with van der Waals surface area (Å²) in [6.45, 7) is 0.284. The molecule has 1 unspecified atom stereocenters. The van der Waals surface area contributed by atoms with E-state index in [1.54, 1.807) is 36.0 Å². The molecule has 0 aliphatic carbocycles. The highest BCUT2D eigenvalue weighted by Crippen LogP contribution is 2.17. The van der Waals surface area contributed by atoms with Gasteiger partial charge in [-0.25, -0.2) is 0 Å². The van der Waals surface area contributed by atoms with E-state index < -0.39 is 6.10 Å². The second-order valence-corrected chi connectivity index (χ2v) is 5.84. The molecule has 2 aromatic heterocycles. The van der Waals surface area contributed by atoms with Crippen molar-refractivity contribution in [3.05, 3.63) is 64.7 Å². The van der Waals surface area contributed by atoms with Gasteiger partial charge in [0.15, 0.2) is 5.69 Å². The Balaban J connectivity index is 1.56. The van der Waals surface area contributed by atoms with Crippen molar-refractivity contribution >= 4 is 28.7 Å². The molecule has 3 N–H and O–H groups in total. The monoisotopic (exact) mass is 341 g/mol. The molecule has 8 heteroatoms. The SMILES string of the molecule is O=C(Nc1ccccc1)c1ccc(NCC(O)c2cncs2)nn1. The number of hydrogen-bond acceptors (Lipinski definition) is 7. The minimum absolute atomic E-state index is 0.215. The number of nitrogens with one attached hydrogen (secondary N) is 2. The number of carbonyl (C=O) groups excluding carboxylic acids is 1. The van der Waals surface area contributed by atoms with Gasteiger partial charge in [-0.3, -0.25) is 9.78 Å². The Hall–Kier alpha value is -2.84. The molecule has 0 bridgehead atoms. The van der Waals surface area contributed by atoms with Crippen LogP contribution in [0.4, 0.5) is 11.5 Å². The number of aliphatic hydroxyl groups excluding tert-OH is 1. The third-order valence-corrected chi connectivity index (χ3v) is 4.06. The highest BCUT2D eigenvalue weighted by molar-refractivity contribution is 7.09. The molecule has 0 saturated carbocycles. The minimum Gasteiger partial charge on any atom is -0.386 e. The van der Waals surface area contributed by atoms with Crippen molar-refractivity contribution in [3.8, 4) is 0 Å². The van der Waals surface area contributed by atoms with E-state index in [2.05, 4.69) is 25.8 Å². The molecule has 0 radical (unpaired) electrons. The van der Waals surface area contributed by atoms with E-state index in [4.69, 9.17) is 0 Å². The lowest BCUT2D eigenvalue weighted by Gasteiger charge is -2.10. The van der Waals surface area contributed by atoms with Gasteiger partial charge in [-0.15, -0.1) is 21.5 Å². The van der Waals surface area contributed by atoms with Gasteiger partial charge in [0.1, 0.15) is 11.9 Å². The molecule has 0 spiro atoms. The molecule has 1 amide bonds. The lowest BCUT2D eigenvalue weighted by Crippen LogP contribution is -2.16. The first-order chi connectivity index (χ1) is 11.7. The molecule has 3 rings (SSSR count). The van der Waals surface area contributed by atoms with Crippen molar-refractivity contribution in [2.45, 2.75) is 6.10 Å². The van der Waals surface area contributed by atoms with Crippen LogP contribution in [0.2, 0.25) is 0 Å². The van der Waals surface area contributed by atoms with E-state index in [1.165, 1.54) is 11.3 Å². The largest absolute Gasteiger partial charge is 0.386 e. The fourth-order valence-electron chi connectivity index (χ4n) is 1.96. The van der Waals surface area contributed by atoms with Gasteiger partial charge in [-0.05, 0) is 24.3 Å². The number of amides is 1. The standard InChI is InChI=1S/C16H15N5O2S/c22-13(14-9-17-10-24-14)8-18-15-7-6-12(20-21-15)16(23)19-11-4-2-1-3-5-11/h1-7,9-10,13,22H,8H2,(H,18,21)(H,19,23). The van der Waals surface area contributed by atoms with Crippen LogP contribution < -0.4 is 10.6 Å². The number of nitrogens with zero attached hydrogens (tertiary/aromatic N) is 3. The Kier molecular flexibility index (Phi) is 5.09. The molecule has 1 atom stereocenters. The summed E-state index contributed by atoms with van der Waals surface area (Å²) < 4.78 is 0. The van der Waals surface area contributed by atoms with Crippen LogP contribution in [0.25, 0.3) is 0 Å². The minimum atomic E-state index is -0.666. The molecular formula is C16H15N5O2S. The number of benzene rings is 1. The van der Waals surface area contributed by atoms with Crippen LogP contribution in [0.1, 0.15) is 21.5 Å². The van der Waals surface area contributed by atoms with Crippen LogP contribution in [-0.2, 0) is 0 Å². The Bertz CT molecular complexity index is 778. The molecule has 1 aromatic carbocycles. The van der Waals surface area contributed by atoms with E-state index >= 15 is 0 Å². The van der Waals surface area contributed by atoms with Gasteiger partial charge in [0.25, 0.3) is 5.91 Å². The number of aliphatic hydroxyl groups is 1. The van der Waals surface area contributed by atoms with Crippen molar-refractivity contribution in [1.29, 1.82) is 0 Å². The number of aromatic nitrogens is 3. The quantitative estimate of drug-likeness (QED) is 0.636. The highest BCUT2D eigenvalue weighted by atomic mass is 32.1. The third-order valence-electron chi connectivity index (χ3n) is 3.19. The summed E-state index contributed by atoms with van der Waals surface area (Å²) in [5.74, 6) is 0.153. The molecule has 0 aliphatic heterocycles. The normalized spacial score (nSPS) is 11.7. The van der Waals surface area contributed by atoms with Crippen molar-refractivity contribution < 1.29 is 9.90 Å². The van der Waals surface area contributed by atoms with Crippen LogP contribution >= 0.6 is 11.3 Å². The summed E-state index contributed by atoms with van der Waals surface area (Å²) in [6, 6.07) is 12.4. The first kappa shape index (κ1) is 16.0. The molecule has 0 saturated heterocycles. The summed E-state index contributed by atoms with van der Waals surface area (Å²) >= 11 is 1.38. The van der Waals surface area contributed by atoms with Gasteiger partial charge in [0.2, 0.25) is 0 Å². The molecule has 0 aliphatic rings. The van der Waals surface area contributed by atoms with E-state index in [0.717, 1.165) is 4.88 Å². The second kappa shape index (κ2) is 7.62. The van der Waals surface area contributed by atoms with Gasteiger partial charge in [0, 0.05) is 18.4 Å². The number of carbonyl (C=O) groups is 1. The van der Waals surface area contributed by atoms with E-state index in [1.807, 2.05) is 18.2 Å². The molecule has 2 heterocycles. The average molecular weight is 341 g/mol. The summed E-state index contributed by atoms with van der Waals surface area (Å²) in [4.78, 5) is 16.8. The number of rotatable bonds is 6. The Labute approximate surface area is 142 Å². The predicted octanol–water partition coefficient (Wildman–Crippen LogP) is 2.33. The van der Waals surface area contributed by atoms with Gasteiger partial charge in [-0.2, -0.15) is 0 Å². The smallest absolute Gasteiger partial charge is 0.276 e. The second-order valence-electron chi connectivity index (χ2n) is 4.92. The lowest BCUT2D eigenvalue weighted by molar-refractivity contribution is 0.102. The van der Waals surface area contributed by atoms with Gasteiger partial charge < -0.3 is 15.7 Å². The third kappa shape index (κ3) is 4.12. The van der Waals surface area contributed by atoms with Gasteiger partial charge in [-0.1, -0.05) is 18.2 Å². The average Bonchev–Trinajstić information content (AvgIpc) is 3.16. The van der Waals surface area contributed by atoms with Crippen LogP contribution in [-0.4, -0.2) is 32.7 Å². The van der Waals surface area contributed by atoms with E-state index in [9.17, 15) is 9.90 Å². The zero-order chi connectivity index (χ0) is 16.8. The van der Waals surface area contributed by atoms with Crippen LogP contribution in [0, 0.1) is 0 Å². The van der Waals surface area contributed by atoms with Crippen LogP contribution in [0.5, 0.6) is 0 Å². The molecule has 24 heavy (non-hydrogen) atoms. The fraction of sp³-hybridized carbons (Fsp3) is 0.125. The number of hydrogen-bond donors (Lipinski definition) is 3. The van der Waals surface area contributed by atoms with E-state index in [0.29, 0.717) is 11.5 Å². The lowest BCUT2D eigenvalue weighted by atomic mass is 10.3. The Morgan fingerprint density at radius 1 is 1.17 bits per heavy atom. The maximum Gasteiger partial charge on any atom is 0.276 e. The van der Waals surface area contributed by atoms with Crippen molar-refractivity contribution in [2.75, 3.05) is 17.2 Å². The topological polar surface area (TPSA) is 100 Å². The first-order valence-corrected chi connectivity index (χ1v) is 8.11. The zero-order valence-corrected chi connectivity index (χ0v) is 13.4. The maximum atomic E-state index is 12.1. The summed E-state index contributed by atoms with van der Waals surface area (Å²) in [5, 5.41) is 23.5. The first-order valence-electron chi connectivity index (χ1n) is 7.23. The predicted molar refractivity (Wildman–Crippen MR) is 92.0 cm³/mol. The summed E-state index contributed by atoms with van der Waals surface area (Å²) in [5.41, 5.74) is 2.57. The maximum absolute atomic E-state index is 12.1.